The van der Waals surface area contributed by atoms with E-state index >= 15 is 0 Å². The number of halogens is 1. The molecule has 0 amide bonds. The van der Waals surface area contributed by atoms with Crippen LogP contribution in [-0.2, 0) is 6.54 Å². The van der Waals surface area contributed by atoms with E-state index in [-0.39, 0.29) is 6.54 Å². The Morgan fingerprint density at radius 1 is 1.42 bits per heavy atom. The molecule has 0 radical (unpaired) electrons. The van der Waals surface area contributed by atoms with Gasteiger partial charge in [-0.3, -0.25) is 4.57 Å². The molecule has 0 aliphatic rings. The van der Waals surface area contributed by atoms with Crippen molar-refractivity contribution in [1.82, 2.24) is 19.5 Å². The summed E-state index contributed by atoms with van der Waals surface area (Å²) in [7, 11) is 0. The molecule has 0 saturated carbocycles. The SMILES string of the molecule is Nc1nc(Cn2cc(Cl)cnc2=O)nc2sccc12. The number of anilines is 1. The number of nitrogens with two attached hydrogens (primary N) is 1. The Labute approximate surface area is 116 Å². The molecule has 96 valence electrons. The van der Waals surface area contributed by atoms with Crippen LogP contribution in [0.5, 0.6) is 0 Å². The van der Waals surface area contributed by atoms with Gasteiger partial charge < -0.3 is 5.73 Å². The lowest BCUT2D eigenvalue weighted by atomic mass is 10.4. The van der Waals surface area contributed by atoms with Crippen molar-refractivity contribution in [1.29, 1.82) is 0 Å². The minimum Gasteiger partial charge on any atom is -0.383 e. The quantitative estimate of drug-likeness (QED) is 0.774. The van der Waals surface area contributed by atoms with Crippen LogP contribution in [-0.4, -0.2) is 19.5 Å². The molecule has 19 heavy (non-hydrogen) atoms. The molecular weight excluding hydrogens is 286 g/mol. The van der Waals surface area contributed by atoms with Gasteiger partial charge in [-0.25, -0.2) is 19.7 Å². The van der Waals surface area contributed by atoms with Crippen molar-refractivity contribution in [2.75, 3.05) is 5.73 Å². The highest BCUT2D eigenvalue weighted by molar-refractivity contribution is 7.16. The van der Waals surface area contributed by atoms with Gasteiger partial charge in [0, 0.05) is 6.20 Å². The van der Waals surface area contributed by atoms with Crippen molar-refractivity contribution in [3.05, 3.63) is 45.2 Å². The van der Waals surface area contributed by atoms with E-state index in [9.17, 15) is 4.79 Å². The Kier molecular flexibility index (Phi) is 2.92. The highest BCUT2D eigenvalue weighted by atomic mass is 35.5. The van der Waals surface area contributed by atoms with E-state index in [1.807, 2.05) is 11.4 Å². The van der Waals surface area contributed by atoms with Crippen molar-refractivity contribution in [2.45, 2.75) is 6.54 Å². The number of aromatic nitrogens is 4. The number of thiophene rings is 1. The fourth-order valence-electron chi connectivity index (χ4n) is 1.69. The summed E-state index contributed by atoms with van der Waals surface area (Å²) in [6.45, 7) is 0.185. The first-order valence-electron chi connectivity index (χ1n) is 5.35. The maximum Gasteiger partial charge on any atom is 0.348 e. The Morgan fingerprint density at radius 3 is 3.11 bits per heavy atom. The van der Waals surface area contributed by atoms with E-state index in [1.54, 1.807) is 0 Å². The smallest absolute Gasteiger partial charge is 0.348 e. The fraction of sp³-hybridized carbons (Fsp3) is 0.0909. The summed E-state index contributed by atoms with van der Waals surface area (Å²) in [5.74, 6) is 0.864. The maximum absolute atomic E-state index is 11.6. The second kappa shape index (κ2) is 4.60. The molecule has 0 atom stereocenters. The van der Waals surface area contributed by atoms with Gasteiger partial charge in [0.1, 0.15) is 10.6 Å². The van der Waals surface area contributed by atoms with Gasteiger partial charge >= 0.3 is 5.69 Å². The second-order valence-corrected chi connectivity index (χ2v) is 5.18. The number of fused-ring (bicyclic) bond motifs is 1. The molecule has 0 saturated heterocycles. The van der Waals surface area contributed by atoms with E-state index in [1.165, 1.54) is 28.3 Å². The van der Waals surface area contributed by atoms with E-state index in [2.05, 4.69) is 15.0 Å². The monoisotopic (exact) mass is 293 g/mol. The molecule has 0 fully saturated rings. The average molecular weight is 294 g/mol. The average Bonchev–Trinajstić information content (AvgIpc) is 2.82. The third-order valence-electron chi connectivity index (χ3n) is 2.54. The summed E-state index contributed by atoms with van der Waals surface area (Å²) < 4.78 is 1.34. The van der Waals surface area contributed by atoms with Gasteiger partial charge in [-0.1, -0.05) is 11.6 Å². The second-order valence-electron chi connectivity index (χ2n) is 3.85. The Morgan fingerprint density at radius 2 is 2.26 bits per heavy atom. The van der Waals surface area contributed by atoms with Gasteiger partial charge in [-0.2, -0.15) is 0 Å². The van der Waals surface area contributed by atoms with E-state index in [0.717, 1.165) is 10.2 Å². The maximum atomic E-state index is 11.6. The van der Waals surface area contributed by atoms with Gasteiger partial charge in [-0.05, 0) is 11.4 Å². The van der Waals surface area contributed by atoms with E-state index < -0.39 is 5.69 Å². The molecule has 0 unspecified atom stereocenters. The van der Waals surface area contributed by atoms with Crippen LogP contribution in [0.3, 0.4) is 0 Å². The molecule has 8 heteroatoms. The summed E-state index contributed by atoms with van der Waals surface area (Å²) in [6, 6.07) is 1.87. The van der Waals surface area contributed by atoms with E-state index in [4.69, 9.17) is 17.3 Å². The van der Waals surface area contributed by atoms with Crippen molar-refractivity contribution in [3.8, 4) is 0 Å². The van der Waals surface area contributed by atoms with Gasteiger partial charge in [0.15, 0.2) is 5.82 Å². The lowest BCUT2D eigenvalue weighted by Gasteiger charge is -2.05. The molecule has 6 nitrogen and oxygen atoms in total. The normalized spacial score (nSPS) is 11.0. The zero-order chi connectivity index (χ0) is 13.4. The molecule has 3 rings (SSSR count). The van der Waals surface area contributed by atoms with Crippen molar-refractivity contribution in [3.63, 3.8) is 0 Å². The van der Waals surface area contributed by atoms with Crippen LogP contribution in [0.2, 0.25) is 5.02 Å². The fourth-order valence-corrected chi connectivity index (χ4v) is 2.65. The molecular formula is C11H8ClN5OS. The molecule has 3 aromatic rings. The number of rotatable bonds is 2. The van der Waals surface area contributed by atoms with E-state index in [0.29, 0.717) is 16.7 Å². The first-order valence-corrected chi connectivity index (χ1v) is 6.61. The van der Waals surface area contributed by atoms with Crippen LogP contribution in [0, 0.1) is 0 Å². The number of nitrogen functional groups attached to an aromatic ring is 1. The van der Waals surface area contributed by atoms with Crippen LogP contribution in [0.15, 0.2) is 28.6 Å². The largest absolute Gasteiger partial charge is 0.383 e. The summed E-state index contributed by atoms with van der Waals surface area (Å²) >= 11 is 7.28. The number of nitrogens with zero attached hydrogens (tertiary/aromatic N) is 4. The zero-order valence-corrected chi connectivity index (χ0v) is 11.1. The topological polar surface area (TPSA) is 86.7 Å². The van der Waals surface area contributed by atoms with Gasteiger partial charge in [0.25, 0.3) is 0 Å². The first-order chi connectivity index (χ1) is 9.13. The molecule has 3 heterocycles. The first kappa shape index (κ1) is 12.1. The van der Waals surface area contributed by atoms with Gasteiger partial charge in [-0.15, -0.1) is 11.3 Å². The van der Waals surface area contributed by atoms with Crippen molar-refractivity contribution < 1.29 is 0 Å². The zero-order valence-electron chi connectivity index (χ0n) is 9.58. The Bertz CT molecular complexity index is 812. The summed E-state index contributed by atoms with van der Waals surface area (Å²) in [5, 5.41) is 3.10. The van der Waals surface area contributed by atoms with Crippen molar-refractivity contribution >= 4 is 39.0 Å². The van der Waals surface area contributed by atoms with Crippen LogP contribution in [0.1, 0.15) is 5.82 Å². The highest BCUT2D eigenvalue weighted by Gasteiger charge is 2.08. The third kappa shape index (κ3) is 2.29. The van der Waals surface area contributed by atoms with Crippen LogP contribution >= 0.6 is 22.9 Å². The predicted octanol–water partition coefficient (Wildman–Crippen LogP) is 1.53. The summed E-state index contributed by atoms with van der Waals surface area (Å²) in [4.78, 5) is 24.6. The summed E-state index contributed by atoms with van der Waals surface area (Å²) in [6.07, 6.45) is 2.80. The molecule has 2 N–H and O–H groups in total. The minimum atomic E-state index is -0.405. The van der Waals surface area contributed by atoms with Crippen LogP contribution < -0.4 is 11.4 Å². The lowest BCUT2D eigenvalue weighted by Crippen LogP contribution is -2.23. The lowest BCUT2D eigenvalue weighted by molar-refractivity contribution is 0.695. The molecule has 3 aromatic heterocycles. The van der Waals surface area contributed by atoms with Gasteiger partial charge in [0.05, 0.1) is 23.2 Å². The molecule has 0 aromatic carbocycles. The van der Waals surface area contributed by atoms with Gasteiger partial charge in [0.2, 0.25) is 0 Å². The Balaban J connectivity index is 2.05. The van der Waals surface area contributed by atoms with Crippen LogP contribution in [0.4, 0.5) is 5.82 Å². The Hall–Kier alpha value is -1.99. The number of hydrogen-bond acceptors (Lipinski definition) is 6. The number of hydrogen-bond donors (Lipinski definition) is 1. The standard InChI is InChI=1S/C11H8ClN5OS/c12-6-3-14-11(18)17(4-6)5-8-15-9(13)7-1-2-19-10(7)16-8/h1-4H,5H2,(H2,13,15,16). The third-order valence-corrected chi connectivity index (χ3v) is 3.54. The molecule has 0 aliphatic heterocycles. The van der Waals surface area contributed by atoms with Crippen molar-refractivity contribution in [2.24, 2.45) is 0 Å². The molecule has 0 spiro atoms. The molecule has 0 aliphatic carbocycles. The minimum absolute atomic E-state index is 0.185. The van der Waals surface area contributed by atoms with Crippen LogP contribution in [0.25, 0.3) is 10.2 Å². The molecule has 0 bridgehead atoms. The predicted molar refractivity (Wildman–Crippen MR) is 74.4 cm³/mol. The summed E-state index contributed by atoms with van der Waals surface area (Å²) in [5.41, 5.74) is 5.44. The highest BCUT2D eigenvalue weighted by Crippen LogP contribution is 2.22.